The number of hydrogen-bond acceptors (Lipinski definition) is 4. The summed E-state index contributed by atoms with van der Waals surface area (Å²) in [4.78, 5) is 2.41. The predicted octanol–water partition coefficient (Wildman–Crippen LogP) is 2.61. The third-order valence-corrected chi connectivity index (χ3v) is 3.50. The highest BCUT2D eigenvalue weighted by atomic mass is 35.5. The molecule has 0 saturated carbocycles. The van der Waals surface area contributed by atoms with Crippen LogP contribution in [-0.2, 0) is 11.3 Å². The fourth-order valence-corrected chi connectivity index (χ4v) is 2.37. The van der Waals surface area contributed by atoms with Crippen molar-refractivity contribution in [2.75, 3.05) is 46.5 Å². The smallest absolute Gasteiger partial charge is 0.123 e. The maximum absolute atomic E-state index is 6.00. The van der Waals surface area contributed by atoms with Gasteiger partial charge in [0.25, 0.3) is 0 Å². The lowest BCUT2D eigenvalue weighted by Gasteiger charge is -2.26. The Kier molecular flexibility index (Phi) is 11.2. The van der Waals surface area contributed by atoms with E-state index < -0.39 is 0 Å². The van der Waals surface area contributed by atoms with Crippen molar-refractivity contribution < 1.29 is 9.47 Å². The molecule has 1 N–H and O–H groups in total. The summed E-state index contributed by atoms with van der Waals surface area (Å²) in [6, 6.07) is 5.70. The van der Waals surface area contributed by atoms with E-state index in [1.54, 1.807) is 7.11 Å². The third-order valence-electron chi connectivity index (χ3n) is 3.27. The van der Waals surface area contributed by atoms with Gasteiger partial charge < -0.3 is 14.8 Å². The quantitative estimate of drug-likeness (QED) is 0.794. The minimum Gasteiger partial charge on any atom is -0.496 e. The summed E-state index contributed by atoms with van der Waals surface area (Å²) in [5.74, 6) is 0.878. The number of halogens is 3. The average molecular weight is 358 g/mol. The van der Waals surface area contributed by atoms with Crippen molar-refractivity contribution in [2.45, 2.75) is 6.54 Å². The van der Waals surface area contributed by atoms with Crippen LogP contribution in [0.4, 0.5) is 0 Å². The molecule has 0 spiro atoms. The van der Waals surface area contributed by atoms with Crippen LogP contribution in [0.15, 0.2) is 18.2 Å². The van der Waals surface area contributed by atoms with Gasteiger partial charge in [-0.05, 0) is 18.2 Å². The Labute approximate surface area is 143 Å². The lowest BCUT2D eigenvalue weighted by molar-refractivity contribution is 0.0384. The molecule has 21 heavy (non-hydrogen) atoms. The lowest BCUT2D eigenvalue weighted by atomic mass is 10.2. The Morgan fingerprint density at radius 3 is 2.67 bits per heavy atom. The van der Waals surface area contributed by atoms with Gasteiger partial charge in [-0.25, -0.2) is 0 Å². The van der Waals surface area contributed by atoms with Gasteiger partial charge in [-0.3, -0.25) is 4.90 Å². The molecule has 0 amide bonds. The van der Waals surface area contributed by atoms with E-state index in [1.165, 1.54) is 0 Å². The molecule has 7 heteroatoms. The van der Waals surface area contributed by atoms with Gasteiger partial charge in [0.15, 0.2) is 0 Å². The number of nitrogens with zero attached hydrogens (tertiary/aromatic N) is 1. The lowest BCUT2D eigenvalue weighted by Crippen LogP contribution is -2.40. The van der Waals surface area contributed by atoms with Gasteiger partial charge in [0, 0.05) is 43.3 Å². The van der Waals surface area contributed by atoms with Crippen molar-refractivity contribution in [1.82, 2.24) is 10.2 Å². The summed E-state index contributed by atoms with van der Waals surface area (Å²) in [6.45, 7) is 6.53. The molecule has 0 aliphatic carbocycles. The molecule has 2 rings (SSSR count). The van der Waals surface area contributed by atoms with E-state index in [0.29, 0.717) is 0 Å². The number of benzene rings is 1. The normalized spacial score (nSPS) is 15.0. The highest BCUT2D eigenvalue weighted by molar-refractivity contribution is 6.30. The second-order valence-corrected chi connectivity index (χ2v) is 5.02. The average Bonchev–Trinajstić information content (AvgIpc) is 2.45. The van der Waals surface area contributed by atoms with E-state index >= 15 is 0 Å². The molecule has 1 aromatic carbocycles. The van der Waals surface area contributed by atoms with E-state index in [9.17, 15) is 0 Å². The maximum atomic E-state index is 6.00. The summed E-state index contributed by atoms with van der Waals surface area (Å²) in [5, 5.41) is 4.17. The van der Waals surface area contributed by atoms with Crippen LogP contribution in [0.3, 0.4) is 0 Å². The SMILES string of the molecule is COc1ccc(Cl)cc1CNCCN1CCOCC1.Cl.Cl. The van der Waals surface area contributed by atoms with Gasteiger partial charge in [-0.2, -0.15) is 0 Å². The second kappa shape index (κ2) is 11.4. The summed E-state index contributed by atoms with van der Waals surface area (Å²) >= 11 is 6.00. The molecule has 1 saturated heterocycles. The molecule has 0 unspecified atom stereocenters. The van der Waals surface area contributed by atoms with Crippen molar-refractivity contribution >= 4 is 36.4 Å². The molecule has 1 fully saturated rings. The summed E-state index contributed by atoms with van der Waals surface area (Å²) < 4.78 is 10.6. The highest BCUT2D eigenvalue weighted by Crippen LogP contribution is 2.22. The first-order valence-electron chi connectivity index (χ1n) is 6.63. The summed E-state index contributed by atoms with van der Waals surface area (Å²) in [6.07, 6.45) is 0. The third kappa shape index (κ3) is 7.04. The largest absolute Gasteiger partial charge is 0.496 e. The van der Waals surface area contributed by atoms with Gasteiger partial charge in [0.1, 0.15) is 5.75 Å². The van der Waals surface area contributed by atoms with Crippen molar-refractivity contribution in [3.63, 3.8) is 0 Å². The minimum absolute atomic E-state index is 0. The van der Waals surface area contributed by atoms with Crippen LogP contribution in [0.1, 0.15) is 5.56 Å². The van der Waals surface area contributed by atoms with E-state index in [1.807, 2.05) is 18.2 Å². The fraction of sp³-hybridized carbons (Fsp3) is 0.571. The van der Waals surface area contributed by atoms with E-state index in [4.69, 9.17) is 21.1 Å². The van der Waals surface area contributed by atoms with E-state index in [0.717, 1.165) is 62.3 Å². The first kappa shape index (κ1) is 20.8. The zero-order chi connectivity index (χ0) is 13.5. The zero-order valence-corrected chi connectivity index (χ0v) is 14.5. The molecule has 1 aromatic rings. The highest BCUT2D eigenvalue weighted by Gasteiger charge is 2.09. The molecule has 1 heterocycles. The number of morpholine rings is 1. The van der Waals surface area contributed by atoms with Crippen molar-refractivity contribution in [2.24, 2.45) is 0 Å². The standard InChI is InChI=1S/C14H21ClN2O2.2ClH/c1-18-14-3-2-13(15)10-12(14)11-16-4-5-17-6-8-19-9-7-17;;/h2-3,10,16H,4-9,11H2,1H3;2*1H. The van der Waals surface area contributed by atoms with Crippen LogP contribution < -0.4 is 10.1 Å². The maximum Gasteiger partial charge on any atom is 0.123 e. The van der Waals surface area contributed by atoms with Gasteiger partial charge in [-0.1, -0.05) is 11.6 Å². The van der Waals surface area contributed by atoms with Crippen LogP contribution in [0.2, 0.25) is 5.02 Å². The van der Waals surface area contributed by atoms with Crippen LogP contribution in [-0.4, -0.2) is 51.4 Å². The number of methoxy groups -OCH3 is 1. The second-order valence-electron chi connectivity index (χ2n) is 4.59. The Morgan fingerprint density at radius 1 is 1.29 bits per heavy atom. The van der Waals surface area contributed by atoms with E-state index in [-0.39, 0.29) is 24.8 Å². The number of rotatable bonds is 6. The molecule has 4 nitrogen and oxygen atoms in total. The molecule has 0 radical (unpaired) electrons. The molecule has 0 aromatic heterocycles. The molecular formula is C14H23Cl3N2O2. The van der Waals surface area contributed by atoms with Crippen molar-refractivity contribution in [3.8, 4) is 5.75 Å². The Hall–Kier alpha value is -0.230. The molecule has 122 valence electrons. The Morgan fingerprint density at radius 2 is 2.00 bits per heavy atom. The van der Waals surface area contributed by atoms with Gasteiger partial charge in [-0.15, -0.1) is 24.8 Å². The van der Waals surface area contributed by atoms with Crippen LogP contribution in [0.5, 0.6) is 5.75 Å². The molecule has 0 bridgehead atoms. The zero-order valence-electron chi connectivity index (χ0n) is 12.1. The first-order valence-corrected chi connectivity index (χ1v) is 7.00. The molecule has 1 aliphatic rings. The van der Waals surface area contributed by atoms with Crippen LogP contribution >= 0.6 is 36.4 Å². The number of nitrogens with one attached hydrogen (secondary N) is 1. The Bertz CT molecular complexity index is 402. The molecule has 1 aliphatic heterocycles. The van der Waals surface area contributed by atoms with Gasteiger partial charge in [0.2, 0.25) is 0 Å². The summed E-state index contributed by atoms with van der Waals surface area (Å²) in [7, 11) is 1.68. The minimum atomic E-state index is 0. The van der Waals surface area contributed by atoms with Crippen molar-refractivity contribution in [1.29, 1.82) is 0 Å². The predicted molar refractivity (Wildman–Crippen MR) is 91.5 cm³/mol. The van der Waals surface area contributed by atoms with Gasteiger partial charge in [0.05, 0.1) is 20.3 Å². The first-order chi connectivity index (χ1) is 9.29. The monoisotopic (exact) mass is 356 g/mol. The fourth-order valence-electron chi connectivity index (χ4n) is 2.17. The molecule has 0 atom stereocenters. The number of hydrogen-bond donors (Lipinski definition) is 1. The number of ether oxygens (including phenoxy) is 2. The van der Waals surface area contributed by atoms with Crippen LogP contribution in [0, 0.1) is 0 Å². The summed E-state index contributed by atoms with van der Waals surface area (Å²) in [5.41, 5.74) is 1.09. The van der Waals surface area contributed by atoms with Crippen molar-refractivity contribution in [3.05, 3.63) is 28.8 Å². The van der Waals surface area contributed by atoms with Crippen LogP contribution in [0.25, 0.3) is 0 Å². The van der Waals surface area contributed by atoms with Gasteiger partial charge >= 0.3 is 0 Å². The molecular weight excluding hydrogens is 335 g/mol. The Balaban J connectivity index is 0.00000200. The topological polar surface area (TPSA) is 33.7 Å². The van der Waals surface area contributed by atoms with E-state index in [2.05, 4.69) is 10.2 Å².